The minimum atomic E-state index is -2.07. The van der Waals surface area contributed by atoms with Gasteiger partial charge in [-0.3, -0.25) is 0 Å². The van der Waals surface area contributed by atoms with E-state index in [0.717, 1.165) is 11.1 Å². The standard InChI is InChI=1S/C30H46O5Si/c1-22(2)36(23(3)4,24(5)6)34-21-28-30(33-20-26-16-12-9-13-17-26)27(18-29(31-7)35-28)32-19-25-14-10-8-11-15-25/h8-17,22-24,27-30H,18-21H2,1-7H3/t27-,28-,29+,30-/m1/s1. The third kappa shape index (κ3) is 7.27. The average molecular weight is 515 g/mol. The Kier molecular flexibility index (Phi) is 11.2. The molecule has 0 amide bonds. The van der Waals surface area contributed by atoms with Crippen molar-refractivity contribution in [3.63, 3.8) is 0 Å². The second-order valence-corrected chi connectivity index (χ2v) is 16.3. The van der Waals surface area contributed by atoms with Gasteiger partial charge in [-0.2, -0.15) is 0 Å². The van der Waals surface area contributed by atoms with E-state index in [0.29, 0.717) is 42.9 Å². The first kappa shape index (κ1) is 29.0. The van der Waals surface area contributed by atoms with Crippen molar-refractivity contribution in [1.29, 1.82) is 0 Å². The molecule has 3 rings (SSSR count). The van der Waals surface area contributed by atoms with E-state index in [4.69, 9.17) is 23.4 Å². The maximum atomic E-state index is 6.96. The van der Waals surface area contributed by atoms with Crippen molar-refractivity contribution in [3.05, 3.63) is 71.8 Å². The second-order valence-electron chi connectivity index (χ2n) is 10.8. The first-order chi connectivity index (χ1) is 17.3. The molecule has 0 saturated carbocycles. The Morgan fingerprint density at radius 1 is 0.778 bits per heavy atom. The van der Waals surface area contributed by atoms with Crippen LogP contribution < -0.4 is 0 Å². The van der Waals surface area contributed by atoms with Crippen LogP contribution >= 0.6 is 0 Å². The normalized spacial score (nSPS) is 23.1. The molecule has 1 aliphatic rings. The summed E-state index contributed by atoms with van der Waals surface area (Å²) in [5.41, 5.74) is 3.75. The van der Waals surface area contributed by atoms with Crippen LogP contribution in [0, 0.1) is 0 Å². The molecule has 36 heavy (non-hydrogen) atoms. The molecule has 0 bridgehead atoms. The molecular weight excluding hydrogens is 468 g/mol. The zero-order valence-corrected chi connectivity index (χ0v) is 24.2. The van der Waals surface area contributed by atoms with Crippen LogP contribution in [0.2, 0.25) is 16.6 Å². The molecular formula is C30H46O5Si. The molecule has 0 unspecified atom stereocenters. The average Bonchev–Trinajstić information content (AvgIpc) is 2.87. The topological polar surface area (TPSA) is 46.2 Å². The molecule has 2 aromatic carbocycles. The highest BCUT2D eigenvalue weighted by Crippen LogP contribution is 2.43. The number of hydrogen-bond donors (Lipinski definition) is 0. The van der Waals surface area contributed by atoms with E-state index in [-0.39, 0.29) is 24.6 Å². The summed E-state index contributed by atoms with van der Waals surface area (Å²) < 4.78 is 32.1. The van der Waals surface area contributed by atoms with Crippen molar-refractivity contribution >= 4 is 8.32 Å². The van der Waals surface area contributed by atoms with Gasteiger partial charge < -0.3 is 23.4 Å². The molecule has 1 saturated heterocycles. The maximum Gasteiger partial charge on any atom is 0.200 e. The first-order valence-electron chi connectivity index (χ1n) is 13.4. The molecule has 0 spiro atoms. The Hall–Kier alpha value is -1.54. The van der Waals surface area contributed by atoms with Crippen molar-refractivity contribution < 1.29 is 23.4 Å². The van der Waals surface area contributed by atoms with Gasteiger partial charge in [-0.15, -0.1) is 0 Å². The molecule has 1 aliphatic heterocycles. The molecule has 0 aliphatic carbocycles. The van der Waals surface area contributed by atoms with Gasteiger partial charge in [-0.25, -0.2) is 0 Å². The monoisotopic (exact) mass is 514 g/mol. The van der Waals surface area contributed by atoms with E-state index in [1.165, 1.54) is 0 Å². The van der Waals surface area contributed by atoms with Gasteiger partial charge in [0.15, 0.2) is 14.6 Å². The van der Waals surface area contributed by atoms with Crippen molar-refractivity contribution in [2.45, 2.75) is 102 Å². The van der Waals surface area contributed by atoms with Crippen LogP contribution in [0.3, 0.4) is 0 Å². The van der Waals surface area contributed by atoms with Crippen LogP contribution in [-0.2, 0) is 36.6 Å². The molecule has 0 N–H and O–H groups in total. The van der Waals surface area contributed by atoms with Crippen molar-refractivity contribution in [3.8, 4) is 0 Å². The summed E-state index contributed by atoms with van der Waals surface area (Å²) in [5, 5.41) is 0. The molecule has 4 atom stereocenters. The van der Waals surface area contributed by atoms with Gasteiger partial charge in [0.1, 0.15) is 12.2 Å². The van der Waals surface area contributed by atoms with E-state index in [1.807, 2.05) is 36.4 Å². The van der Waals surface area contributed by atoms with Crippen molar-refractivity contribution in [2.75, 3.05) is 13.7 Å². The van der Waals surface area contributed by atoms with Gasteiger partial charge in [-0.1, -0.05) is 102 Å². The van der Waals surface area contributed by atoms with Crippen LogP contribution in [-0.4, -0.2) is 46.6 Å². The molecule has 1 fully saturated rings. The third-order valence-corrected chi connectivity index (χ3v) is 13.6. The summed E-state index contributed by atoms with van der Waals surface area (Å²) in [6.45, 7) is 15.3. The number of rotatable bonds is 13. The summed E-state index contributed by atoms with van der Waals surface area (Å²) in [6.07, 6.45) is -0.464. The highest BCUT2D eigenvalue weighted by molar-refractivity contribution is 6.77. The zero-order chi connectivity index (χ0) is 26.1. The summed E-state index contributed by atoms with van der Waals surface area (Å²) in [5.74, 6) is 0. The lowest BCUT2D eigenvalue weighted by atomic mass is 10.0. The van der Waals surface area contributed by atoms with Crippen LogP contribution in [0.25, 0.3) is 0 Å². The molecule has 1 heterocycles. The Balaban J connectivity index is 1.82. The summed E-state index contributed by atoms with van der Waals surface area (Å²) in [4.78, 5) is 0. The summed E-state index contributed by atoms with van der Waals surface area (Å²) >= 11 is 0. The Morgan fingerprint density at radius 2 is 1.28 bits per heavy atom. The number of hydrogen-bond acceptors (Lipinski definition) is 5. The molecule has 0 radical (unpaired) electrons. The fourth-order valence-electron chi connectivity index (χ4n) is 5.83. The van der Waals surface area contributed by atoms with E-state index in [1.54, 1.807) is 7.11 Å². The van der Waals surface area contributed by atoms with Gasteiger partial charge in [0.25, 0.3) is 0 Å². The minimum absolute atomic E-state index is 0.172. The predicted octanol–water partition coefficient (Wildman–Crippen LogP) is 7.11. The Bertz CT molecular complexity index is 852. The number of benzene rings is 2. The molecule has 5 nitrogen and oxygen atoms in total. The van der Waals surface area contributed by atoms with Crippen LogP contribution in [0.5, 0.6) is 0 Å². The fourth-order valence-corrected chi connectivity index (χ4v) is 11.3. The van der Waals surface area contributed by atoms with Crippen LogP contribution in [0.1, 0.15) is 59.1 Å². The lowest BCUT2D eigenvalue weighted by Crippen LogP contribution is -2.56. The minimum Gasteiger partial charge on any atom is -0.413 e. The quantitative estimate of drug-likeness (QED) is 0.267. The van der Waals surface area contributed by atoms with Gasteiger partial charge in [0, 0.05) is 13.5 Å². The van der Waals surface area contributed by atoms with E-state index in [2.05, 4.69) is 65.8 Å². The van der Waals surface area contributed by atoms with Gasteiger partial charge in [0.05, 0.1) is 25.9 Å². The van der Waals surface area contributed by atoms with Crippen LogP contribution in [0.4, 0.5) is 0 Å². The predicted molar refractivity (Wildman–Crippen MR) is 147 cm³/mol. The van der Waals surface area contributed by atoms with Crippen molar-refractivity contribution in [2.24, 2.45) is 0 Å². The Labute approximate surface area is 219 Å². The highest BCUT2D eigenvalue weighted by atomic mass is 28.4. The zero-order valence-electron chi connectivity index (χ0n) is 23.2. The molecule has 200 valence electrons. The lowest BCUT2D eigenvalue weighted by molar-refractivity contribution is -0.268. The molecule has 0 aromatic heterocycles. The third-order valence-electron chi connectivity index (χ3n) is 7.54. The van der Waals surface area contributed by atoms with E-state index in [9.17, 15) is 0 Å². The number of methoxy groups -OCH3 is 1. The first-order valence-corrected chi connectivity index (χ1v) is 15.5. The lowest BCUT2D eigenvalue weighted by Gasteiger charge is -2.46. The fraction of sp³-hybridized carbons (Fsp3) is 0.600. The molecule has 2 aromatic rings. The Morgan fingerprint density at radius 3 is 1.75 bits per heavy atom. The summed E-state index contributed by atoms with van der Waals surface area (Å²) in [6, 6.07) is 20.5. The van der Waals surface area contributed by atoms with Crippen molar-refractivity contribution in [1.82, 2.24) is 0 Å². The largest absolute Gasteiger partial charge is 0.413 e. The van der Waals surface area contributed by atoms with E-state index < -0.39 is 8.32 Å². The van der Waals surface area contributed by atoms with Gasteiger partial charge in [-0.05, 0) is 27.8 Å². The summed E-state index contributed by atoms with van der Waals surface area (Å²) in [7, 11) is -0.379. The highest BCUT2D eigenvalue weighted by Gasteiger charge is 2.47. The smallest absolute Gasteiger partial charge is 0.200 e. The van der Waals surface area contributed by atoms with Crippen LogP contribution in [0.15, 0.2) is 60.7 Å². The van der Waals surface area contributed by atoms with E-state index >= 15 is 0 Å². The van der Waals surface area contributed by atoms with Gasteiger partial charge >= 0.3 is 0 Å². The second kappa shape index (κ2) is 13.8. The van der Waals surface area contributed by atoms with Gasteiger partial charge in [0.2, 0.25) is 0 Å². The SMILES string of the molecule is CO[C@@H]1C[C@@H](OCc2ccccc2)[C@@H](OCc2ccccc2)[C@@H](CO[Si](C(C)C)(C(C)C)C(C)C)O1. The maximum absolute atomic E-state index is 6.96. The molecule has 6 heteroatoms. The number of ether oxygens (including phenoxy) is 4.